The van der Waals surface area contributed by atoms with Gasteiger partial charge in [0.1, 0.15) is 5.75 Å². The van der Waals surface area contributed by atoms with E-state index in [0.717, 1.165) is 43.2 Å². The first-order chi connectivity index (χ1) is 12.3. The average Bonchev–Trinajstić information content (AvgIpc) is 2.68. The lowest BCUT2D eigenvalue weighted by molar-refractivity contribution is -0.126. The molecule has 0 atom stereocenters. The molecule has 3 rings (SSSR count). The number of carbonyl (C=O) groups excluding carboxylic acids is 1. The maximum Gasteiger partial charge on any atom is 0.246 e. The molecular weight excluding hydrogens is 312 g/mol. The van der Waals surface area contributed by atoms with E-state index in [1.165, 1.54) is 0 Å². The Morgan fingerprint density at radius 3 is 2.40 bits per heavy atom. The van der Waals surface area contributed by atoms with Gasteiger partial charge in [-0.2, -0.15) is 0 Å². The number of rotatable bonds is 5. The van der Waals surface area contributed by atoms with Gasteiger partial charge in [0.25, 0.3) is 0 Å². The molecule has 1 heterocycles. The molecule has 0 spiro atoms. The van der Waals surface area contributed by atoms with E-state index in [-0.39, 0.29) is 5.91 Å². The molecule has 2 aromatic rings. The normalized spacial score (nSPS) is 14.8. The van der Waals surface area contributed by atoms with Gasteiger partial charge in [-0.1, -0.05) is 42.5 Å². The van der Waals surface area contributed by atoms with Crippen LogP contribution in [0.5, 0.6) is 5.75 Å². The number of hydrogen-bond acceptors (Lipinski definition) is 3. The molecule has 130 valence electrons. The van der Waals surface area contributed by atoms with Gasteiger partial charge in [0.05, 0.1) is 12.3 Å². The van der Waals surface area contributed by atoms with Crippen LogP contribution in [0.3, 0.4) is 0 Å². The molecule has 2 aromatic carbocycles. The highest BCUT2D eigenvalue weighted by molar-refractivity contribution is 5.92. The standard InChI is InChI=1S/C21H24N2O2/c1-2-25-20-11-7-6-10-19(20)22-14-16-23(17-15-22)21(24)13-12-18-8-4-3-5-9-18/h3-13H,2,14-17H2,1H3. The van der Waals surface area contributed by atoms with Gasteiger partial charge in [-0.15, -0.1) is 0 Å². The maximum atomic E-state index is 12.4. The zero-order valence-electron chi connectivity index (χ0n) is 14.6. The monoisotopic (exact) mass is 336 g/mol. The zero-order valence-corrected chi connectivity index (χ0v) is 14.6. The molecule has 0 saturated carbocycles. The molecule has 25 heavy (non-hydrogen) atoms. The number of benzene rings is 2. The first-order valence-electron chi connectivity index (χ1n) is 8.76. The lowest BCUT2D eigenvalue weighted by Gasteiger charge is -2.36. The van der Waals surface area contributed by atoms with E-state index in [1.54, 1.807) is 6.08 Å². The number of hydrogen-bond donors (Lipinski definition) is 0. The Balaban J connectivity index is 1.58. The van der Waals surface area contributed by atoms with Crippen molar-refractivity contribution in [3.63, 3.8) is 0 Å². The predicted molar refractivity (Wildman–Crippen MR) is 102 cm³/mol. The Morgan fingerprint density at radius 2 is 1.68 bits per heavy atom. The van der Waals surface area contributed by atoms with Gasteiger partial charge >= 0.3 is 0 Å². The fraction of sp³-hybridized carbons (Fsp3) is 0.286. The lowest BCUT2D eigenvalue weighted by Crippen LogP contribution is -2.48. The Bertz CT molecular complexity index is 720. The van der Waals surface area contributed by atoms with E-state index in [4.69, 9.17) is 4.74 Å². The summed E-state index contributed by atoms with van der Waals surface area (Å²) >= 11 is 0. The smallest absolute Gasteiger partial charge is 0.246 e. The van der Waals surface area contributed by atoms with Gasteiger partial charge in [0, 0.05) is 32.3 Å². The van der Waals surface area contributed by atoms with Crippen molar-refractivity contribution in [2.24, 2.45) is 0 Å². The van der Waals surface area contributed by atoms with Crippen LogP contribution in [0.4, 0.5) is 5.69 Å². The third-order valence-corrected chi connectivity index (χ3v) is 4.32. The molecule has 0 unspecified atom stereocenters. The fourth-order valence-electron chi connectivity index (χ4n) is 3.00. The van der Waals surface area contributed by atoms with Crippen molar-refractivity contribution in [1.82, 2.24) is 4.90 Å². The Kier molecular flexibility index (Phi) is 5.73. The molecular formula is C21H24N2O2. The van der Waals surface area contributed by atoms with Crippen LogP contribution < -0.4 is 9.64 Å². The van der Waals surface area contributed by atoms with E-state index >= 15 is 0 Å². The van der Waals surface area contributed by atoms with Gasteiger partial charge in [0.2, 0.25) is 5.91 Å². The van der Waals surface area contributed by atoms with E-state index < -0.39 is 0 Å². The highest BCUT2D eigenvalue weighted by Crippen LogP contribution is 2.28. The van der Waals surface area contributed by atoms with Crippen LogP contribution in [0, 0.1) is 0 Å². The summed E-state index contributed by atoms with van der Waals surface area (Å²) in [5.41, 5.74) is 2.15. The number of carbonyl (C=O) groups is 1. The van der Waals surface area contributed by atoms with Crippen LogP contribution in [0.25, 0.3) is 6.08 Å². The van der Waals surface area contributed by atoms with Gasteiger partial charge in [-0.25, -0.2) is 0 Å². The van der Waals surface area contributed by atoms with Crippen LogP contribution in [0.1, 0.15) is 12.5 Å². The van der Waals surface area contributed by atoms with Crippen molar-refractivity contribution >= 4 is 17.7 Å². The van der Waals surface area contributed by atoms with Crippen LogP contribution in [0.15, 0.2) is 60.7 Å². The van der Waals surface area contributed by atoms with E-state index in [2.05, 4.69) is 11.0 Å². The number of piperazine rings is 1. The molecule has 4 nitrogen and oxygen atoms in total. The minimum absolute atomic E-state index is 0.0709. The summed E-state index contributed by atoms with van der Waals surface area (Å²) in [5, 5.41) is 0. The van der Waals surface area contributed by atoms with Gasteiger partial charge in [-0.3, -0.25) is 4.79 Å². The van der Waals surface area contributed by atoms with Crippen LogP contribution in [-0.4, -0.2) is 43.6 Å². The fourth-order valence-corrected chi connectivity index (χ4v) is 3.00. The summed E-state index contributed by atoms with van der Waals surface area (Å²) in [7, 11) is 0. The number of ether oxygens (including phenoxy) is 1. The van der Waals surface area contributed by atoms with E-state index in [9.17, 15) is 4.79 Å². The third kappa shape index (κ3) is 4.41. The first kappa shape index (κ1) is 17.1. The Labute approximate surface area is 149 Å². The molecule has 1 saturated heterocycles. The largest absolute Gasteiger partial charge is 0.492 e. The highest BCUT2D eigenvalue weighted by atomic mass is 16.5. The quantitative estimate of drug-likeness (QED) is 0.784. The van der Waals surface area contributed by atoms with Crippen molar-refractivity contribution in [2.45, 2.75) is 6.92 Å². The summed E-state index contributed by atoms with van der Waals surface area (Å²) in [6.45, 7) is 5.72. The minimum atomic E-state index is 0.0709. The van der Waals surface area contributed by atoms with Crippen molar-refractivity contribution < 1.29 is 9.53 Å². The highest BCUT2D eigenvalue weighted by Gasteiger charge is 2.21. The van der Waals surface area contributed by atoms with Crippen molar-refractivity contribution in [1.29, 1.82) is 0 Å². The number of anilines is 1. The van der Waals surface area contributed by atoms with Gasteiger partial charge in [0.15, 0.2) is 0 Å². The predicted octanol–water partition coefficient (Wildman–Crippen LogP) is 3.45. The summed E-state index contributed by atoms with van der Waals surface area (Å²) in [6, 6.07) is 18.0. The minimum Gasteiger partial charge on any atom is -0.492 e. The van der Waals surface area contributed by atoms with Crippen LogP contribution in [0.2, 0.25) is 0 Å². The summed E-state index contributed by atoms with van der Waals surface area (Å²) in [4.78, 5) is 16.6. The van der Waals surface area contributed by atoms with Crippen LogP contribution >= 0.6 is 0 Å². The molecule has 0 aliphatic carbocycles. The molecule has 0 bridgehead atoms. The van der Waals surface area contributed by atoms with Crippen molar-refractivity contribution in [3.8, 4) is 5.75 Å². The van der Waals surface area contributed by atoms with Gasteiger partial charge in [-0.05, 0) is 30.7 Å². The molecule has 0 N–H and O–H groups in total. The SMILES string of the molecule is CCOc1ccccc1N1CCN(C(=O)C=Cc2ccccc2)CC1. The lowest BCUT2D eigenvalue weighted by atomic mass is 10.2. The molecule has 0 radical (unpaired) electrons. The molecule has 1 amide bonds. The topological polar surface area (TPSA) is 32.8 Å². The summed E-state index contributed by atoms with van der Waals surface area (Å²) < 4.78 is 5.72. The van der Waals surface area contributed by atoms with E-state index in [0.29, 0.717) is 6.61 Å². The molecule has 1 aliphatic heterocycles. The van der Waals surface area contributed by atoms with Crippen molar-refractivity contribution in [3.05, 3.63) is 66.2 Å². The summed E-state index contributed by atoms with van der Waals surface area (Å²) in [6.07, 6.45) is 3.54. The number of para-hydroxylation sites is 2. The van der Waals surface area contributed by atoms with Crippen LogP contribution in [-0.2, 0) is 4.79 Å². The maximum absolute atomic E-state index is 12.4. The third-order valence-electron chi connectivity index (χ3n) is 4.32. The molecule has 1 aliphatic rings. The molecule has 0 aromatic heterocycles. The average molecular weight is 336 g/mol. The molecule has 1 fully saturated rings. The van der Waals surface area contributed by atoms with E-state index in [1.807, 2.05) is 66.4 Å². The Morgan fingerprint density at radius 1 is 1.00 bits per heavy atom. The number of amides is 1. The second kappa shape index (κ2) is 8.38. The Hall–Kier alpha value is -2.75. The second-order valence-electron chi connectivity index (χ2n) is 5.96. The summed E-state index contributed by atoms with van der Waals surface area (Å²) in [5.74, 6) is 0.982. The molecule has 4 heteroatoms. The second-order valence-corrected chi connectivity index (χ2v) is 5.96. The van der Waals surface area contributed by atoms with Crippen molar-refractivity contribution in [2.75, 3.05) is 37.7 Å². The number of nitrogens with zero attached hydrogens (tertiary/aromatic N) is 2. The first-order valence-corrected chi connectivity index (χ1v) is 8.76. The zero-order chi connectivity index (χ0) is 17.5. The van der Waals surface area contributed by atoms with Gasteiger partial charge < -0.3 is 14.5 Å².